The van der Waals surface area contributed by atoms with Crippen LogP contribution in [0.4, 0.5) is 0 Å². The zero-order valence-electron chi connectivity index (χ0n) is 19.5. The first-order chi connectivity index (χ1) is 15.7. The minimum absolute atomic E-state index is 0.00130. The van der Waals surface area contributed by atoms with E-state index in [1.165, 1.54) is 19.3 Å². The molecule has 2 heterocycles. The van der Waals surface area contributed by atoms with Gasteiger partial charge in [-0.2, -0.15) is 0 Å². The molecule has 0 saturated carbocycles. The number of hydrogen-bond acceptors (Lipinski definition) is 7. The molecule has 0 aliphatic heterocycles. The molecular weight excluding hydrogens is 535 g/mol. The number of halogens is 3. The number of pyridine rings is 2. The third-order valence-corrected chi connectivity index (χ3v) is 5.07. The van der Waals surface area contributed by atoms with E-state index in [2.05, 4.69) is 25.9 Å². The van der Waals surface area contributed by atoms with Crippen molar-refractivity contribution in [2.45, 2.75) is 45.5 Å². The summed E-state index contributed by atoms with van der Waals surface area (Å²) in [6.45, 7) is 3.39. The van der Waals surface area contributed by atoms with Crippen LogP contribution in [-0.2, 0) is 14.2 Å². The van der Waals surface area contributed by atoms with Crippen molar-refractivity contribution in [3.63, 3.8) is 0 Å². The molecule has 0 aliphatic rings. The molecule has 0 spiro atoms. The normalized spacial score (nSPS) is 11.1. The van der Waals surface area contributed by atoms with Gasteiger partial charge in [0, 0.05) is 68.9 Å². The fraction of sp³-hybridized carbons (Fsp3) is 0.478. The van der Waals surface area contributed by atoms with E-state index in [0.717, 1.165) is 11.8 Å². The average molecular weight is 566 g/mol. The molecule has 1 unspecified atom stereocenters. The molecule has 0 radical (unpaired) electrons. The third kappa shape index (κ3) is 15.2. The number of nitrogens with zero attached hydrogens (tertiary/aromatic N) is 2. The summed E-state index contributed by atoms with van der Waals surface area (Å²) in [5.41, 5.74) is 0.832. The molecule has 0 N–H and O–H groups in total. The summed E-state index contributed by atoms with van der Waals surface area (Å²) in [4.78, 5) is 30.1. The predicted molar refractivity (Wildman–Crippen MR) is 135 cm³/mol. The molecule has 0 bridgehead atoms. The average Bonchev–Trinajstić information content (AvgIpc) is 2.81. The summed E-state index contributed by atoms with van der Waals surface area (Å²) >= 11 is 14.6. The van der Waals surface area contributed by atoms with Crippen molar-refractivity contribution in [2.24, 2.45) is 0 Å². The SMILES string of the molecule is CC(=O)c1cc(Cl)ccn1.COC(C)CCC(=O)c1cc(Cl)ccn1.COC(CCBr)OC. The summed E-state index contributed by atoms with van der Waals surface area (Å²) in [7, 11) is 4.90. The van der Waals surface area contributed by atoms with E-state index in [-0.39, 0.29) is 24.0 Å². The molecule has 2 rings (SSSR count). The lowest BCUT2D eigenvalue weighted by molar-refractivity contribution is -0.102. The van der Waals surface area contributed by atoms with Crippen LogP contribution in [0.3, 0.4) is 0 Å². The Morgan fingerprint density at radius 3 is 1.82 bits per heavy atom. The van der Waals surface area contributed by atoms with Crippen molar-refractivity contribution in [1.82, 2.24) is 9.97 Å². The van der Waals surface area contributed by atoms with Gasteiger partial charge in [-0.3, -0.25) is 19.6 Å². The van der Waals surface area contributed by atoms with Gasteiger partial charge in [-0.25, -0.2) is 0 Å². The second-order valence-electron chi connectivity index (χ2n) is 6.66. The van der Waals surface area contributed by atoms with Crippen molar-refractivity contribution in [2.75, 3.05) is 26.7 Å². The van der Waals surface area contributed by atoms with Gasteiger partial charge in [0.05, 0.1) is 6.10 Å². The first-order valence-electron chi connectivity index (χ1n) is 10.1. The van der Waals surface area contributed by atoms with E-state index in [1.54, 1.807) is 45.6 Å². The number of methoxy groups -OCH3 is 3. The number of carbonyl (C=O) groups excluding carboxylic acids is 2. The summed E-state index contributed by atoms with van der Waals surface area (Å²) in [6, 6.07) is 6.41. The second kappa shape index (κ2) is 18.9. The molecule has 7 nitrogen and oxygen atoms in total. The number of hydrogen-bond donors (Lipinski definition) is 0. The van der Waals surface area contributed by atoms with Gasteiger partial charge in [-0.05, 0) is 37.6 Å². The number of aromatic nitrogens is 2. The molecule has 0 fully saturated rings. The zero-order valence-corrected chi connectivity index (χ0v) is 22.6. The lowest BCUT2D eigenvalue weighted by Gasteiger charge is -2.09. The van der Waals surface area contributed by atoms with E-state index in [9.17, 15) is 9.59 Å². The van der Waals surface area contributed by atoms with Crippen LogP contribution in [0.2, 0.25) is 10.0 Å². The molecule has 0 amide bonds. The van der Waals surface area contributed by atoms with E-state index < -0.39 is 0 Å². The first kappa shape index (κ1) is 31.6. The van der Waals surface area contributed by atoms with Gasteiger partial charge in [0.2, 0.25) is 0 Å². The quantitative estimate of drug-likeness (QED) is 0.196. The van der Waals surface area contributed by atoms with E-state index >= 15 is 0 Å². The van der Waals surface area contributed by atoms with Crippen LogP contribution in [0, 0.1) is 0 Å². The Hall–Kier alpha value is -1.42. The largest absolute Gasteiger partial charge is 0.382 e. The molecule has 10 heteroatoms. The van der Waals surface area contributed by atoms with Crippen molar-refractivity contribution in [1.29, 1.82) is 0 Å². The van der Waals surface area contributed by atoms with Crippen LogP contribution in [0.15, 0.2) is 36.7 Å². The molecule has 1 atom stereocenters. The van der Waals surface area contributed by atoms with Gasteiger partial charge in [0.25, 0.3) is 0 Å². The summed E-state index contributed by atoms with van der Waals surface area (Å²) < 4.78 is 14.8. The van der Waals surface area contributed by atoms with Crippen LogP contribution < -0.4 is 0 Å². The Morgan fingerprint density at radius 1 is 0.939 bits per heavy atom. The highest BCUT2D eigenvalue weighted by molar-refractivity contribution is 9.09. The fourth-order valence-corrected chi connectivity index (χ4v) is 2.85. The fourth-order valence-electron chi connectivity index (χ4n) is 2.16. The molecule has 0 aliphatic carbocycles. The Labute approximate surface area is 214 Å². The molecule has 0 aromatic carbocycles. The Balaban J connectivity index is 0.000000495. The Kier molecular flexibility index (Phi) is 18.1. The monoisotopic (exact) mass is 564 g/mol. The van der Waals surface area contributed by atoms with Gasteiger partial charge < -0.3 is 14.2 Å². The third-order valence-electron chi connectivity index (χ3n) is 4.14. The van der Waals surface area contributed by atoms with Crippen LogP contribution in [0.25, 0.3) is 0 Å². The van der Waals surface area contributed by atoms with Gasteiger partial charge in [0.1, 0.15) is 11.4 Å². The first-order valence-corrected chi connectivity index (χ1v) is 12.0. The summed E-state index contributed by atoms with van der Waals surface area (Å²) in [6.07, 6.45) is 5.12. The summed E-state index contributed by atoms with van der Waals surface area (Å²) in [5.74, 6) is -0.0658. The number of rotatable bonds is 10. The van der Waals surface area contributed by atoms with E-state index in [0.29, 0.717) is 34.3 Å². The minimum atomic E-state index is -0.0671. The highest BCUT2D eigenvalue weighted by Gasteiger charge is 2.10. The smallest absolute Gasteiger partial charge is 0.181 e. The van der Waals surface area contributed by atoms with Crippen LogP contribution >= 0.6 is 39.1 Å². The van der Waals surface area contributed by atoms with Crippen molar-refractivity contribution in [3.8, 4) is 0 Å². The van der Waals surface area contributed by atoms with Crippen molar-refractivity contribution in [3.05, 3.63) is 58.1 Å². The molecule has 184 valence electrons. The number of alkyl halides is 1. The van der Waals surface area contributed by atoms with Gasteiger partial charge in [0.15, 0.2) is 17.9 Å². The molecule has 33 heavy (non-hydrogen) atoms. The Bertz CT molecular complexity index is 838. The van der Waals surface area contributed by atoms with Crippen LogP contribution in [0.1, 0.15) is 54.1 Å². The Morgan fingerprint density at radius 2 is 1.45 bits per heavy atom. The topological polar surface area (TPSA) is 87.6 Å². The van der Waals surface area contributed by atoms with E-state index in [1.807, 2.05) is 6.92 Å². The number of ether oxygens (including phenoxy) is 3. The zero-order chi connectivity index (χ0) is 25.2. The van der Waals surface area contributed by atoms with Gasteiger partial charge in [-0.1, -0.05) is 39.1 Å². The van der Waals surface area contributed by atoms with Crippen molar-refractivity contribution >= 4 is 50.7 Å². The molecule has 0 saturated heterocycles. The van der Waals surface area contributed by atoms with Gasteiger partial charge >= 0.3 is 0 Å². The maximum Gasteiger partial charge on any atom is 0.181 e. The highest BCUT2D eigenvalue weighted by atomic mass is 79.9. The van der Waals surface area contributed by atoms with E-state index in [4.69, 9.17) is 37.4 Å². The predicted octanol–water partition coefficient (Wildman–Crippen LogP) is 6.06. The minimum Gasteiger partial charge on any atom is -0.382 e. The number of ketones is 2. The molecule has 2 aromatic heterocycles. The standard InChI is InChI=1S/C11H14ClNO2.C7H6ClNO.C5H11BrO2/c1-8(15-2)3-4-11(14)10-7-9(12)5-6-13-10;1-5(10)7-4-6(8)2-3-9-7;1-7-5(8-2)3-4-6/h5-8H,3-4H2,1-2H3;2-4H,1H3;5H,3-4H2,1-2H3. The van der Waals surface area contributed by atoms with Crippen molar-refractivity contribution < 1.29 is 23.8 Å². The number of carbonyl (C=O) groups is 2. The van der Waals surface area contributed by atoms with Crippen LogP contribution in [0.5, 0.6) is 0 Å². The number of Topliss-reactive ketones (excluding diaryl/α,β-unsaturated/α-hetero) is 2. The highest BCUT2D eigenvalue weighted by Crippen LogP contribution is 2.11. The molecular formula is C23H31BrCl2N2O5. The van der Waals surface area contributed by atoms with Gasteiger partial charge in [-0.15, -0.1) is 0 Å². The van der Waals surface area contributed by atoms with Crippen LogP contribution in [-0.4, -0.2) is 60.6 Å². The lowest BCUT2D eigenvalue weighted by Crippen LogP contribution is -2.12. The molecule has 2 aromatic rings. The second-order valence-corrected chi connectivity index (χ2v) is 8.33. The maximum atomic E-state index is 11.6. The summed E-state index contributed by atoms with van der Waals surface area (Å²) in [5, 5.41) is 1.99. The lowest BCUT2D eigenvalue weighted by atomic mass is 10.1. The maximum absolute atomic E-state index is 11.6.